The molecule has 13 heteroatoms. The van der Waals surface area contributed by atoms with E-state index in [1.165, 1.54) is 24.4 Å². The second kappa shape index (κ2) is 13.4. The molecule has 1 aliphatic heterocycles. The van der Waals surface area contributed by atoms with Crippen LogP contribution in [0, 0.1) is 11.8 Å². The van der Waals surface area contributed by atoms with Crippen molar-refractivity contribution in [3.63, 3.8) is 0 Å². The normalized spacial score (nSPS) is 16.4. The second-order valence-corrected chi connectivity index (χ2v) is 10.8. The highest BCUT2D eigenvalue weighted by atomic mass is 35.5. The Morgan fingerprint density at radius 3 is 2.53 bits per heavy atom. The number of fused-ring (bicyclic) bond motifs is 1. The molecule has 234 valence electrons. The SMILES string of the molecule is C=C1c2ccc(C#CC(C=NC3(C(=O)Nc4ccc(C(F)(F)F)cc4Cl)CCC3)=CN)cc2C(=O)N1C(CCC=O)C(=O)NC. The molecule has 1 atom stereocenters. The highest BCUT2D eigenvalue weighted by Gasteiger charge is 2.44. The maximum Gasteiger partial charge on any atom is 0.416 e. The fourth-order valence-electron chi connectivity index (χ4n) is 4.94. The largest absolute Gasteiger partial charge is 0.416 e. The average molecular weight is 640 g/mol. The number of halogens is 4. The van der Waals surface area contributed by atoms with Crippen molar-refractivity contribution >= 4 is 53.2 Å². The summed E-state index contributed by atoms with van der Waals surface area (Å²) in [5.41, 5.74) is 5.59. The Morgan fingerprint density at radius 2 is 1.96 bits per heavy atom. The Hall–Kier alpha value is -4.89. The van der Waals surface area contributed by atoms with Crippen molar-refractivity contribution in [2.24, 2.45) is 10.7 Å². The summed E-state index contributed by atoms with van der Waals surface area (Å²) in [6, 6.07) is 6.67. The standard InChI is InChI=1S/C32H29ClF3N5O4/c1-19-23-10-8-20(15-24(23)29(44)41(19)27(5-3-14-42)28(43)38-2)6-7-21(17-37)18-39-31(12-4-13-31)30(45)40-26-11-9-22(16-25(26)33)32(34,35)36/h8-11,14-18,27H,1,3-5,12-13,37H2,2H3,(H,38,43)(H,40,45). The van der Waals surface area contributed by atoms with Crippen LogP contribution in [0.25, 0.3) is 5.70 Å². The topological polar surface area (TPSA) is 134 Å². The lowest BCUT2D eigenvalue weighted by atomic mass is 9.76. The Labute approximate surface area is 262 Å². The van der Waals surface area contributed by atoms with Gasteiger partial charge in [-0.25, -0.2) is 0 Å². The number of carbonyl (C=O) groups excluding carboxylic acids is 4. The van der Waals surface area contributed by atoms with Gasteiger partial charge in [0, 0.05) is 42.7 Å². The van der Waals surface area contributed by atoms with Gasteiger partial charge in [-0.05, 0) is 56.0 Å². The van der Waals surface area contributed by atoms with Crippen LogP contribution in [0.2, 0.25) is 5.02 Å². The highest BCUT2D eigenvalue weighted by Crippen LogP contribution is 2.39. The number of benzene rings is 2. The molecular formula is C32H29ClF3N5O4. The van der Waals surface area contributed by atoms with E-state index in [4.69, 9.17) is 17.3 Å². The number of nitrogens with one attached hydrogen (secondary N) is 2. The van der Waals surface area contributed by atoms with Gasteiger partial charge in [0.25, 0.3) is 11.8 Å². The van der Waals surface area contributed by atoms with Gasteiger partial charge in [0.15, 0.2) is 0 Å². The number of aldehydes is 1. The smallest absolute Gasteiger partial charge is 0.404 e. The van der Waals surface area contributed by atoms with Crippen molar-refractivity contribution in [3.8, 4) is 11.8 Å². The van der Waals surface area contributed by atoms with Gasteiger partial charge in [0.1, 0.15) is 17.9 Å². The molecule has 0 bridgehead atoms. The van der Waals surface area contributed by atoms with Crippen molar-refractivity contribution in [2.75, 3.05) is 12.4 Å². The first-order chi connectivity index (χ1) is 21.3. The first-order valence-electron chi connectivity index (χ1n) is 13.8. The van der Waals surface area contributed by atoms with Crippen LogP contribution in [-0.2, 0) is 20.6 Å². The highest BCUT2D eigenvalue weighted by molar-refractivity contribution is 6.33. The van der Waals surface area contributed by atoms with Gasteiger partial charge in [-0.3, -0.25) is 24.3 Å². The van der Waals surface area contributed by atoms with E-state index in [2.05, 4.69) is 34.0 Å². The number of hydrogen-bond acceptors (Lipinski definition) is 6. The molecular weight excluding hydrogens is 611 g/mol. The fraction of sp³-hybridized carbons (Fsp3) is 0.281. The minimum absolute atomic E-state index is 0.0308. The molecule has 2 aromatic rings. The number of rotatable bonds is 9. The first-order valence-corrected chi connectivity index (χ1v) is 14.2. The summed E-state index contributed by atoms with van der Waals surface area (Å²) in [4.78, 5) is 55.6. The van der Waals surface area contributed by atoms with Crippen molar-refractivity contribution < 1.29 is 32.3 Å². The molecule has 1 heterocycles. The molecule has 9 nitrogen and oxygen atoms in total. The Kier molecular flexibility index (Phi) is 9.83. The molecule has 1 unspecified atom stereocenters. The lowest BCUT2D eigenvalue weighted by Gasteiger charge is -2.36. The van der Waals surface area contributed by atoms with Gasteiger partial charge >= 0.3 is 6.18 Å². The minimum atomic E-state index is -4.57. The van der Waals surface area contributed by atoms with Crippen LogP contribution in [0.5, 0.6) is 0 Å². The van der Waals surface area contributed by atoms with Crippen molar-refractivity contribution in [3.05, 3.63) is 82.0 Å². The van der Waals surface area contributed by atoms with E-state index >= 15 is 0 Å². The van der Waals surface area contributed by atoms with Crippen LogP contribution in [-0.4, -0.2) is 53.8 Å². The number of amides is 3. The third kappa shape index (κ3) is 6.94. The zero-order valence-corrected chi connectivity index (χ0v) is 24.9. The summed E-state index contributed by atoms with van der Waals surface area (Å²) in [5, 5.41) is 4.83. The molecule has 1 fully saturated rings. The molecule has 2 aliphatic rings. The molecule has 0 spiro atoms. The molecule has 1 saturated carbocycles. The number of aliphatic imine (C=N–C) groups is 1. The predicted molar refractivity (Wildman–Crippen MR) is 164 cm³/mol. The molecule has 45 heavy (non-hydrogen) atoms. The monoisotopic (exact) mass is 639 g/mol. The molecule has 0 aromatic heterocycles. The van der Waals surface area contributed by atoms with Crippen LogP contribution < -0.4 is 16.4 Å². The van der Waals surface area contributed by atoms with Crippen LogP contribution in [0.1, 0.15) is 59.2 Å². The quantitative estimate of drug-likeness (QED) is 0.208. The summed E-state index contributed by atoms with van der Waals surface area (Å²) in [6.07, 6.45) is 0.390. The maximum absolute atomic E-state index is 13.3. The van der Waals surface area contributed by atoms with Crippen molar-refractivity contribution in [2.45, 2.75) is 49.9 Å². The van der Waals surface area contributed by atoms with Crippen LogP contribution in [0.15, 0.2) is 59.7 Å². The molecule has 3 amide bonds. The number of allylic oxidation sites excluding steroid dienone is 1. The number of likely N-dealkylation sites (N-methyl/N-ethyl adjacent to an activating group) is 1. The maximum atomic E-state index is 13.3. The zero-order valence-electron chi connectivity index (χ0n) is 24.1. The summed E-state index contributed by atoms with van der Waals surface area (Å²) in [6.45, 7) is 3.98. The lowest BCUT2D eigenvalue weighted by Crippen LogP contribution is -2.47. The third-order valence-electron chi connectivity index (χ3n) is 7.62. The molecule has 0 radical (unpaired) electrons. The van der Waals surface area contributed by atoms with E-state index in [1.807, 2.05) is 0 Å². The van der Waals surface area contributed by atoms with E-state index in [0.717, 1.165) is 18.2 Å². The van der Waals surface area contributed by atoms with Gasteiger partial charge in [-0.15, -0.1) is 0 Å². The fourth-order valence-corrected chi connectivity index (χ4v) is 5.17. The van der Waals surface area contributed by atoms with E-state index in [-0.39, 0.29) is 29.1 Å². The van der Waals surface area contributed by atoms with E-state index < -0.39 is 41.0 Å². The summed E-state index contributed by atoms with van der Waals surface area (Å²) >= 11 is 6.00. The third-order valence-corrected chi connectivity index (χ3v) is 7.93. The van der Waals surface area contributed by atoms with E-state index in [1.54, 1.807) is 18.2 Å². The summed E-state index contributed by atoms with van der Waals surface area (Å²) in [7, 11) is 1.44. The minimum Gasteiger partial charge on any atom is -0.404 e. The molecule has 1 aliphatic carbocycles. The van der Waals surface area contributed by atoms with E-state index in [0.29, 0.717) is 47.9 Å². The number of nitrogens with zero attached hydrogens (tertiary/aromatic N) is 2. The van der Waals surface area contributed by atoms with Crippen LogP contribution in [0.4, 0.5) is 18.9 Å². The number of anilines is 1. The Bertz CT molecular complexity index is 1690. The van der Waals surface area contributed by atoms with Gasteiger partial charge in [-0.1, -0.05) is 36.1 Å². The second-order valence-electron chi connectivity index (χ2n) is 10.4. The molecule has 4 rings (SSSR count). The molecule has 4 N–H and O–H groups in total. The number of alkyl halides is 3. The summed E-state index contributed by atoms with van der Waals surface area (Å²) < 4.78 is 38.9. The van der Waals surface area contributed by atoms with Gasteiger partial charge in [0.05, 0.1) is 27.4 Å². The van der Waals surface area contributed by atoms with Crippen molar-refractivity contribution in [1.29, 1.82) is 0 Å². The summed E-state index contributed by atoms with van der Waals surface area (Å²) in [5.74, 6) is 4.38. The number of carbonyl (C=O) groups is 4. The number of hydrogen-bond donors (Lipinski definition) is 3. The van der Waals surface area contributed by atoms with E-state index in [9.17, 15) is 32.3 Å². The molecule has 2 aromatic carbocycles. The van der Waals surface area contributed by atoms with Gasteiger partial charge < -0.3 is 21.2 Å². The Balaban J connectivity index is 1.50. The Morgan fingerprint density at radius 1 is 1.22 bits per heavy atom. The predicted octanol–water partition coefficient (Wildman–Crippen LogP) is 4.71. The lowest BCUT2D eigenvalue weighted by molar-refractivity contribution is -0.137. The van der Waals surface area contributed by atoms with Crippen LogP contribution >= 0.6 is 11.6 Å². The van der Waals surface area contributed by atoms with Crippen LogP contribution in [0.3, 0.4) is 0 Å². The number of nitrogens with two attached hydrogens (primary N) is 1. The van der Waals surface area contributed by atoms with Gasteiger partial charge in [0.2, 0.25) is 5.91 Å². The first kappa shape index (κ1) is 33.0. The van der Waals surface area contributed by atoms with Gasteiger partial charge in [-0.2, -0.15) is 13.2 Å². The zero-order chi connectivity index (χ0) is 32.9. The van der Waals surface area contributed by atoms with Crippen molar-refractivity contribution in [1.82, 2.24) is 10.2 Å². The molecule has 0 saturated heterocycles. The average Bonchev–Trinajstić information content (AvgIpc) is 3.23.